The van der Waals surface area contributed by atoms with E-state index >= 15 is 0 Å². The van der Waals surface area contributed by atoms with Crippen LogP contribution in [0.5, 0.6) is 0 Å². The molecule has 2 aromatic heterocycles. The second-order valence-electron chi connectivity index (χ2n) is 4.84. The molecule has 1 N–H and O–H groups in total. The third-order valence-electron chi connectivity index (χ3n) is 3.40. The predicted octanol–water partition coefficient (Wildman–Crippen LogP) is 2.27. The van der Waals surface area contributed by atoms with E-state index in [2.05, 4.69) is 16.4 Å². The van der Waals surface area contributed by atoms with Crippen molar-refractivity contribution in [3.8, 4) is 0 Å². The molecule has 0 unspecified atom stereocenters. The van der Waals surface area contributed by atoms with Crippen molar-refractivity contribution in [1.29, 1.82) is 0 Å². The largest absolute Gasteiger partial charge is 0.501 e. The van der Waals surface area contributed by atoms with Crippen LogP contribution in [0.2, 0.25) is 0 Å². The van der Waals surface area contributed by atoms with Gasteiger partial charge in [0.1, 0.15) is 4.83 Å². The highest BCUT2D eigenvalue weighted by Gasteiger charge is 2.14. The van der Waals surface area contributed by atoms with Crippen molar-refractivity contribution in [3.63, 3.8) is 0 Å². The van der Waals surface area contributed by atoms with Crippen LogP contribution in [0, 0.1) is 0 Å². The van der Waals surface area contributed by atoms with Crippen molar-refractivity contribution in [2.24, 2.45) is 0 Å². The van der Waals surface area contributed by atoms with Gasteiger partial charge in [-0.15, -0.1) is 0 Å². The number of allylic oxidation sites excluding steroid dienone is 2. The molecule has 0 atom stereocenters. The van der Waals surface area contributed by atoms with Gasteiger partial charge in [0.25, 0.3) is 5.56 Å². The molecule has 2 heterocycles. The summed E-state index contributed by atoms with van der Waals surface area (Å²) in [6.45, 7) is 0.361. The van der Waals surface area contributed by atoms with Crippen LogP contribution < -0.4 is 10.9 Å². The second kappa shape index (κ2) is 6.15. The summed E-state index contributed by atoms with van der Waals surface area (Å²) in [5.74, 6) is 0.898. The van der Waals surface area contributed by atoms with Gasteiger partial charge in [0.2, 0.25) is 0 Å². The lowest BCUT2D eigenvalue weighted by Crippen LogP contribution is -2.34. The average molecular weight is 317 g/mol. The molecule has 3 rings (SSSR count). The molecule has 0 bridgehead atoms. The van der Waals surface area contributed by atoms with Crippen LogP contribution in [0.25, 0.3) is 10.2 Å². The topological polar surface area (TPSA) is 73.2 Å². The molecular weight excluding hydrogens is 302 g/mol. The van der Waals surface area contributed by atoms with Gasteiger partial charge >= 0.3 is 6.03 Å². The third kappa shape index (κ3) is 2.80. The molecule has 0 radical (unpaired) electrons. The smallest absolute Gasteiger partial charge is 0.338 e. The maximum atomic E-state index is 12.2. The van der Waals surface area contributed by atoms with Crippen LogP contribution in [-0.2, 0) is 4.74 Å². The Hall–Kier alpha value is -2.41. The van der Waals surface area contributed by atoms with Gasteiger partial charge in [0, 0.05) is 19.2 Å². The molecule has 0 fully saturated rings. The molecule has 1 aliphatic carbocycles. The van der Waals surface area contributed by atoms with Crippen molar-refractivity contribution in [1.82, 2.24) is 14.3 Å². The number of pyridine rings is 1. The Kier molecular flexibility index (Phi) is 4.06. The third-order valence-corrected chi connectivity index (χ3v) is 4.41. The molecule has 114 valence electrons. The molecule has 6 nitrogen and oxygen atoms in total. The number of carbonyl (C=O) groups is 1. The highest BCUT2D eigenvalue weighted by Crippen LogP contribution is 2.17. The Morgan fingerprint density at radius 3 is 3.18 bits per heavy atom. The molecule has 0 saturated carbocycles. The van der Waals surface area contributed by atoms with E-state index in [0.29, 0.717) is 16.8 Å². The van der Waals surface area contributed by atoms with Crippen LogP contribution in [-0.4, -0.2) is 28.6 Å². The van der Waals surface area contributed by atoms with Crippen molar-refractivity contribution < 1.29 is 9.53 Å². The minimum absolute atomic E-state index is 0.337. The lowest BCUT2D eigenvalue weighted by molar-refractivity contribution is 0.244. The van der Waals surface area contributed by atoms with E-state index in [9.17, 15) is 9.59 Å². The fourth-order valence-corrected chi connectivity index (χ4v) is 3.13. The fraction of sp³-hybridized carbons (Fsp3) is 0.267. The molecule has 0 saturated heterocycles. The Morgan fingerprint density at radius 2 is 2.41 bits per heavy atom. The Labute approximate surface area is 130 Å². The Bertz CT molecular complexity index is 832. The molecule has 2 aromatic rings. The molecule has 1 amide bonds. The average Bonchev–Trinajstić information content (AvgIpc) is 2.90. The number of ether oxygens (including phenoxy) is 1. The molecule has 22 heavy (non-hydrogen) atoms. The van der Waals surface area contributed by atoms with Gasteiger partial charge in [-0.1, -0.05) is 6.08 Å². The van der Waals surface area contributed by atoms with Crippen LogP contribution in [0.3, 0.4) is 0 Å². The van der Waals surface area contributed by atoms with Gasteiger partial charge in [0.05, 0.1) is 18.3 Å². The molecule has 7 heteroatoms. The van der Waals surface area contributed by atoms with Gasteiger partial charge in [-0.2, -0.15) is 3.96 Å². The zero-order valence-electron chi connectivity index (χ0n) is 12.0. The first kappa shape index (κ1) is 14.5. The minimum atomic E-state index is -0.438. The van der Waals surface area contributed by atoms with E-state index in [-0.39, 0.29) is 5.56 Å². The van der Waals surface area contributed by atoms with E-state index in [1.807, 2.05) is 6.08 Å². The number of aromatic nitrogens is 2. The maximum absolute atomic E-state index is 12.2. The van der Waals surface area contributed by atoms with Crippen molar-refractivity contribution in [3.05, 3.63) is 52.2 Å². The number of hydrogen-bond acceptors (Lipinski definition) is 5. The number of carbonyl (C=O) groups excluding carboxylic acids is 1. The number of nitrogens with one attached hydrogen (secondary N) is 1. The zero-order chi connectivity index (χ0) is 15.5. The summed E-state index contributed by atoms with van der Waals surface area (Å²) in [5, 5.41) is 3.21. The van der Waals surface area contributed by atoms with E-state index in [1.54, 1.807) is 25.4 Å². The van der Waals surface area contributed by atoms with E-state index in [1.165, 1.54) is 0 Å². The van der Waals surface area contributed by atoms with Gasteiger partial charge in [-0.05, 0) is 41.7 Å². The zero-order valence-corrected chi connectivity index (χ0v) is 12.9. The fourth-order valence-electron chi connectivity index (χ4n) is 2.27. The molecule has 0 aliphatic heterocycles. The van der Waals surface area contributed by atoms with E-state index in [4.69, 9.17) is 4.74 Å². The lowest BCUT2D eigenvalue weighted by atomic mass is 10.1. The van der Waals surface area contributed by atoms with Gasteiger partial charge in [0.15, 0.2) is 0 Å². The van der Waals surface area contributed by atoms with Crippen LogP contribution in [0.4, 0.5) is 4.79 Å². The number of nitrogens with zero attached hydrogens (tertiary/aromatic N) is 2. The summed E-state index contributed by atoms with van der Waals surface area (Å²) in [5.41, 5.74) is 0.639. The SMILES string of the molecule is COC1=CC(CNC(=O)n2sc3ncccc3c2=O)=CCC1. The van der Waals surface area contributed by atoms with Crippen LogP contribution in [0.1, 0.15) is 12.8 Å². The number of amides is 1. The first-order valence-corrected chi connectivity index (χ1v) is 7.65. The first-order valence-electron chi connectivity index (χ1n) is 6.88. The standard InChI is InChI=1S/C15H15N3O3S/c1-21-11-5-2-4-10(8-11)9-17-15(20)18-14(19)12-6-3-7-16-13(12)22-18/h3-4,6-8H,2,5,9H2,1H3,(H,17,20). The summed E-state index contributed by atoms with van der Waals surface area (Å²) in [6, 6.07) is 2.91. The van der Waals surface area contributed by atoms with Crippen LogP contribution in [0.15, 0.2) is 46.6 Å². The van der Waals surface area contributed by atoms with Crippen molar-refractivity contribution in [2.45, 2.75) is 12.8 Å². The molecule has 0 spiro atoms. The van der Waals surface area contributed by atoms with Gasteiger partial charge < -0.3 is 10.1 Å². The van der Waals surface area contributed by atoms with E-state index in [0.717, 1.165) is 39.7 Å². The summed E-state index contributed by atoms with van der Waals surface area (Å²) in [6.07, 6.45) is 7.33. The maximum Gasteiger partial charge on any atom is 0.338 e. The van der Waals surface area contributed by atoms with Crippen molar-refractivity contribution in [2.75, 3.05) is 13.7 Å². The lowest BCUT2D eigenvalue weighted by Gasteiger charge is -2.13. The number of hydrogen-bond donors (Lipinski definition) is 1. The van der Waals surface area contributed by atoms with Gasteiger partial charge in [-0.25, -0.2) is 9.78 Å². The summed E-state index contributed by atoms with van der Waals surface area (Å²) >= 11 is 1.05. The second-order valence-corrected chi connectivity index (χ2v) is 5.77. The highest BCUT2D eigenvalue weighted by atomic mass is 32.1. The molecular formula is C15H15N3O3S. The molecule has 1 aliphatic rings. The summed E-state index contributed by atoms with van der Waals surface area (Å²) < 4.78 is 6.32. The first-order chi connectivity index (χ1) is 10.7. The van der Waals surface area contributed by atoms with Crippen molar-refractivity contribution >= 4 is 27.8 Å². The Balaban J connectivity index is 1.74. The summed E-state index contributed by atoms with van der Waals surface area (Å²) in [7, 11) is 1.64. The minimum Gasteiger partial charge on any atom is -0.501 e. The normalized spacial score (nSPS) is 14.4. The van der Waals surface area contributed by atoms with E-state index < -0.39 is 6.03 Å². The van der Waals surface area contributed by atoms with Gasteiger partial charge in [-0.3, -0.25) is 4.79 Å². The quantitative estimate of drug-likeness (QED) is 0.942. The molecule has 0 aromatic carbocycles. The monoisotopic (exact) mass is 317 g/mol. The Morgan fingerprint density at radius 1 is 1.55 bits per heavy atom. The summed E-state index contributed by atoms with van der Waals surface area (Å²) in [4.78, 5) is 29.0. The number of methoxy groups -OCH3 is 1. The van der Waals surface area contributed by atoms with Crippen LogP contribution >= 0.6 is 11.5 Å². The highest BCUT2D eigenvalue weighted by molar-refractivity contribution is 7.14. The predicted molar refractivity (Wildman–Crippen MR) is 85.1 cm³/mol. The number of fused-ring (bicyclic) bond motifs is 1. The number of rotatable bonds is 3.